The van der Waals surface area contributed by atoms with Gasteiger partial charge in [-0.1, -0.05) is 0 Å². The van der Waals surface area contributed by atoms with Crippen molar-refractivity contribution in [3.8, 4) is 0 Å². The Morgan fingerprint density at radius 2 is 2.25 bits per heavy atom. The lowest BCUT2D eigenvalue weighted by molar-refractivity contribution is 0.726. The number of nitrogens with one attached hydrogen (secondary N) is 1. The van der Waals surface area contributed by atoms with E-state index in [4.69, 9.17) is 0 Å². The summed E-state index contributed by atoms with van der Waals surface area (Å²) in [5, 5.41) is 2.95. The summed E-state index contributed by atoms with van der Waals surface area (Å²) in [5.41, 5.74) is 0.764. The van der Waals surface area contributed by atoms with E-state index in [9.17, 15) is 4.79 Å². The third-order valence-electron chi connectivity index (χ3n) is 2.22. The van der Waals surface area contributed by atoms with Crippen molar-refractivity contribution in [2.24, 2.45) is 0 Å². The van der Waals surface area contributed by atoms with Crippen molar-refractivity contribution in [3.05, 3.63) is 52.8 Å². The Hall–Kier alpha value is -2.17. The van der Waals surface area contributed by atoms with Crippen LogP contribution in [0.1, 0.15) is 5.56 Å². The van der Waals surface area contributed by atoms with E-state index in [1.54, 1.807) is 23.0 Å². The van der Waals surface area contributed by atoms with E-state index in [2.05, 4.69) is 15.3 Å². The molecule has 0 bridgehead atoms. The molecule has 82 valence electrons. The molecule has 0 aromatic carbocycles. The topological polar surface area (TPSA) is 59.8 Å². The molecule has 0 saturated heterocycles. The molecular formula is C11H12N4O. The lowest BCUT2D eigenvalue weighted by atomic mass is 10.2. The molecule has 2 aromatic rings. The van der Waals surface area contributed by atoms with E-state index in [-0.39, 0.29) is 5.69 Å². The number of nitrogens with zero attached hydrogens (tertiary/aromatic N) is 3. The first-order valence-corrected chi connectivity index (χ1v) is 4.94. The van der Waals surface area contributed by atoms with Crippen LogP contribution in [-0.2, 0) is 6.54 Å². The maximum atomic E-state index is 11.4. The predicted octanol–water partition coefficient (Wildman–Crippen LogP) is 0.728. The lowest BCUT2D eigenvalue weighted by Crippen LogP contribution is -2.21. The summed E-state index contributed by atoms with van der Waals surface area (Å²) in [6.07, 6.45) is 4.92. The minimum absolute atomic E-state index is 0.245. The predicted molar refractivity (Wildman–Crippen MR) is 61.4 cm³/mol. The number of pyridine rings is 1. The fourth-order valence-corrected chi connectivity index (χ4v) is 1.41. The average Bonchev–Trinajstić information content (AvgIpc) is 2.32. The second kappa shape index (κ2) is 4.57. The SMILES string of the molecule is CNc1cc(Cn2cccnc2=O)ccn1. The van der Waals surface area contributed by atoms with Crippen molar-refractivity contribution >= 4 is 5.82 Å². The molecule has 0 amide bonds. The molecule has 0 unspecified atom stereocenters. The van der Waals surface area contributed by atoms with Gasteiger partial charge < -0.3 is 5.32 Å². The molecule has 0 spiro atoms. The molecule has 0 aliphatic rings. The number of hydrogen-bond acceptors (Lipinski definition) is 4. The zero-order chi connectivity index (χ0) is 11.4. The van der Waals surface area contributed by atoms with Crippen LogP contribution in [0.4, 0.5) is 5.82 Å². The Morgan fingerprint density at radius 1 is 1.38 bits per heavy atom. The highest BCUT2D eigenvalue weighted by atomic mass is 16.1. The maximum absolute atomic E-state index is 11.4. The van der Waals surface area contributed by atoms with Gasteiger partial charge in [-0.3, -0.25) is 4.57 Å². The largest absolute Gasteiger partial charge is 0.373 e. The molecule has 5 heteroatoms. The molecule has 0 atom stereocenters. The van der Waals surface area contributed by atoms with Gasteiger partial charge in [-0.15, -0.1) is 0 Å². The summed E-state index contributed by atoms with van der Waals surface area (Å²) >= 11 is 0. The van der Waals surface area contributed by atoms with Crippen molar-refractivity contribution in [3.63, 3.8) is 0 Å². The summed E-state index contributed by atoms with van der Waals surface area (Å²) < 4.78 is 1.55. The maximum Gasteiger partial charge on any atom is 0.347 e. The van der Waals surface area contributed by atoms with Gasteiger partial charge >= 0.3 is 5.69 Å². The highest BCUT2D eigenvalue weighted by Gasteiger charge is 1.99. The van der Waals surface area contributed by atoms with Gasteiger partial charge in [0, 0.05) is 25.6 Å². The third-order valence-corrected chi connectivity index (χ3v) is 2.22. The van der Waals surface area contributed by atoms with Crippen LogP contribution < -0.4 is 11.0 Å². The lowest BCUT2D eigenvalue weighted by Gasteiger charge is -2.05. The van der Waals surface area contributed by atoms with Crippen LogP contribution in [0.25, 0.3) is 0 Å². The van der Waals surface area contributed by atoms with Crippen molar-refractivity contribution in [1.29, 1.82) is 0 Å². The molecule has 5 nitrogen and oxygen atoms in total. The Balaban J connectivity index is 2.27. The minimum Gasteiger partial charge on any atom is -0.373 e. The number of rotatable bonds is 3. The highest BCUT2D eigenvalue weighted by Crippen LogP contribution is 2.06. The average molecular weight is 216 g/mol. The van der Waals surface area contributed by atoms with Gasteiger partial charge in [-0.05, 0) is 23.8 Å². The smallest absolute Gasteiger partial charge is 0.347 e. The highest BCUT2D eigenvalue weighted by molar-refractivity contribution is 5.36. The summed E-state index contributed by atoms with van der Waals surface area (Å²) in [5.74, 6) is 0.787. The molecule has 0 aliphatic carbocycles. The standard InChI is InChI=1S/C11H12N4O/c1-12-10-7-9(3-5-13-10)8-15-6-2-4-14-11(15)16/h2-7H,8H2,1H3,(H,12,13). The van der Waals surface area contributed by atoms with Crippen molar-refractivity contribution in [2.45, 2.75) is 6.54 Å². The first-order valence-electron chi connectivity index (χ1n) is 4.94. The van der Waals surface area contributed by atoms with Crippen LogP contribution in [0, 0.1) is 0 Å². The number of anilines is 1. The van der Waals surface area contributed by atoms with Crippen molar-refractivity contribution in [1.82, 2.24) is 14.5 Å². The molecule has 0 aliphatic heterocycles. The third kappa shape index (κ3) is 2.25. The van der Waals surface area contributed by atoms with Gasteiger partial charge in [0.2, 0.25) is 0 Å². The van der Waals surface area contributed by atoms with E-state index in [1.807, 2.05) is 19.2 Å². The number of hydrogen-bond donors (Lipinski definition) is 1. The van der Waals surface area contributed by atoms with Crippen molar-refractivity contribution in [2.75, 3.05) is 12.4 Å². The van der Waals surface area contributed by atoms with Gasteiger partial charge in [0.25, 0.3) is 0 Å². The van der Waals surface area contributed by atoms with E-state index >= 15 is 0 Å². The van der Waals surface area contributed by atoms with E-state index in [0.29, 0.717) is 6.54 Å². The monoisotopic (exact) mass is 216 g/mol. The molecule has 16 heavy (non-hydrogen) atoms. The molecule has 0 radical (unpaired) electrons. The van der Waals surface area contributed by atoms with Gasteiger partial charge in [0.05, 0.1) is 6.54 Å². The van der Waals surface area contributed by atoms with E-state index < -0.39 is 0 Å². The minimum atomic E-state index is -0.245. The van der Waals surface area contributed by atoms with E-state index in [0.717, 1.165) is 11.4 Å². The molecule has 0 saturated carbocycles. The molecule has 0 fully saturated rings. The van der Waals surface area contributed by atoms with Crippen LogP contribution in [-0.4, -0.2) is 21.6 Å². The number of aromatic nitrogens is 3. The Labute approximate surface area is 92.8 Å². The van der Waals surface area contributed by atoms with Gasteiger partial charge in [0.15, 0.2) is 0 Å². The van der Waals surface area contributed by atoms with Gasteiger partial charge in [0.1, 0.15) is 5.82 Å². The second-order valence-electron chi connectivity index (χ2n) is 3.33. The van der Waals surface area contributed by atoms with Crippen LogP contribution in [0.5, 0.6) is 0 Å². The van der Waals surface area contributed by atoms with Crippen LogP contribution in [0.2, 0.25) is 0 Å². The Morgan fingerprint density at radius 3 is 3.00 bits per heavy atom. The molecule has 2 heterocycles. The fraction of sp³-hybridized carbons (Fsp3) is 0.182. The normalized spacial score (nSPS) is 10.1. The second-order valence-corrected chi connectivity index (χ2v) is 3.33. The van der Waals surface area contributed by atoms with Crippen LogP contribution >= 0.6 is 0 Å². The zero-order valence-corrected chi connectivity index (χ0v) is 8.92. The van der Waals surface area contributed by atoms with Crippen molar-refractivity contribution < 1.29 is 0 Å². The van der Waals surface area contributed by atoms with Crippen LogP contribution in [0.3, 0.4) is 0 Å². The summed E-state index contributed by atoms with van der Waals surface area (Å²) in [6.45, 7) is 0.504. The van der Waals surface area contributed by atoms with Gasteiger partial charge in [-0.2, -0.15) is 0 Å². The Bertz CT molecular complexity index is 535. The Kier molecular flexibility index (Phi) is 2.95. The summed E-state index contributed by atoms with van der Waals surface area (Å²) in [6, 6.07) is 5.52. The fourth-order valence-electron chi connectivity index (χ4n) is 1.41. The summed E-state index contributed by atoms with van der Waals surface area (Å²) in [7, 11) is 1.81. The first-order chi connectivity index (χ1) is 7.79. The van der Waals surface area contributed by atoms with Gasteiger partial charge in [-0.25, -0.2) is 14.8 Å². The molecule has 2 rings (SSSR count). The quantitative estimate of drug-likeness (QED) is 0.821. The molecule has 1 N–H and O–H groups in total. The molecule has 2 aromatic heterocycles. The van der Waals surface area contributed by atoms with Crippen LogP contribution in [0.15, 0.2) is 41.6 Å². The summed E-state index contributed by atoms with van der Waals surface area (Å²) in [4.78, 5) is 19.2. The first kappa shape index (κ1) is 10.4. The zero-order valence-electron chi connectivity index (χ0n) is 8.92. The molecular weight excluding hydrogens is 204 g/mol. The van der Waals surface area contributed by atoms with E-state index in [1.165, 1.54) is 6.20 Å².